The molecule has 1 heterocycles. The maximum absolute atomic E-state index is 5.19. The minimum atomic E-state index is 0.858. The summed E-state index contributed by atoms with van der Waals surface area (Å²) in [7, 11) is 1.71. The van der Waals surface area contributed by atoms with Gasteiger partial charge in [-0.15, -0.1) is 11.8 Å². The predicted octanol–water partition coefficient (Wildman–Crippen LogP) is 2.32. The average molecular weight is 223 g/mol. The maximum atomic E-state index is 5.19. The van der Waals surface area contributed by atoms with Crippen molar-refractivity contribution < 1.29 is 4.74 Å². The molecule has 0 aromatic heterocycles. The number of hydrogen-bond donors (Lipinski definition) is 1. The molecule has 2 nitrogen and oxygen atoms in total. The number of thioether (sulfide) groups is 1. The van der Waals surface area contributed by atoms with Crippen LogP contribution in [0.15, 0.2) is 23.1 Å². The molecule has 3 heteroatoms. The van der Waals surface area contributed by atoms with Crippen molar-refractivity contribution in [2.24, 2.45) is 5.92 Å². The SMILES string of the molecule is COc1ccc(SCC2CNC2)c(C)c1. The lowest BCUT2D eigenvalue weighted by atomic mass is 10.1. The Kier molecular flexibility index (Phi) is 3.54. The lowest BCUT2D eigenvalue weighted by molar-refractivity contribution is 0.385. The van der Waals surface area contributed by atoms with Gasteiger partial charge in [0.15, 0.2) is 0 Å². The zero-order valence-electron chi connectivity index (χ0n) is 9.25. The van der Waals surface area contributed by atoms with Crippen molar-refractivity contribution >= 4 is 11.8 Å². The maximum Gasteiger partial charge on any atom is 0.119 e. The topological polar surface area (TPSA) is 21.3 Å². The van der Waals surface area contributed by atoms with Crippen LogP contribution >= 0.6 is 11.8 Å². The number of hydrogen-bond acceptors (Lipinski definition) is 3. The highest BCUT2D eigenvalue weighted by atomic mass is 32.2. The molecule has 0 saturated carbocycles. The van der Waals surface area contributed by atoms with Gasteiger partial charge in [-0.05, 0) is 49.7 Å². The summed E-state index contributed by atoms with van der Waals surface area (Å²) >= 11 is 1.95. The molecule has 1 aliphatic rings. The zero-order valence-corrected chi connectivity index (χ0v) is 10.1. The highest BCUT2D eigenvalue weighted by molar-refractivity contribution is 7.99. The Balaban J connectivity index is 1.95. The van der Waals surface area contributed by atoms with Gasteiger partial charge in [0, 0.05) is 10.6 Å². The van der Waals surface area contributed by atoms with Crippen LogP contribution in [0, 0.1) is 12.8 Å². The van der Waals surface area contributed by atoms with Gasteiger partial charge in [-0.25, -0.2) is 0 Å². The first kappa shape index (κ1) is 10.8. The lowest BCUT2D eigenvalue weighted by Gasteiger charge is -2.26. The summed E-state index contributed by atoms with van der Waals surface area (Å²) in [6.45, 7) is 4.51. The van der Waals surface area contributed by atoms with Gasteiger partial charge in [-0.2, -0.15) is 0 Å². The quantitative estimate of drug-likeness (QED) is 0.792. The van der Waals surface area contributed by atoms with Crippen LogP contribution in [-0.2, 0) is 0 Å². The third-order valence-electron chi connectivity index (χ3n) is 2.72. The number of methoxy groups -OCH3 is 1. The van der Waals surface area contributed by atoms with Crippen molar-refractivity contribution in [3.05, 3.63) is 23.8 Å². The van der Waals surface area contributed by atoms with Gasteiger partial charge < -0.3 is 10.1 Å². The molecule has 2 rings (SSSR count). The highest BCUT2D eigenvalue weighted by Crippen LogP contribution is 2.28. The van der Waals surface area contributed by atoms with E-state index in [0.29, 0.717) is 0 Å². The molecule has 0 amide bonds. The molecule has 1 saturated heterocycles. The lowest BCUT2D eigenvalue weighted by Crippen LogP contribution is -2.43. The van der Waals surface area contributed by atoms with E-state index in [9.17, 15) is 0 Å². The van der Waals surface area contributed by atoms with E-state index in [1.165, 1.54) is 29.3 Å². The van der Waals surface area contributed by atoms with Crippen LogP contribution in [0.3, 0.4) is 0 Å². The van der Waals surface area contributed by atoms with Crippen molar-refractivity contribution in [2.45, 2.75) is 11.8 Å². The van der Waals surface area contributed by atoms with Gasteiger partial charge in [0.1, 0.15) is 5.75 Å². The van der Waals surface area contributed by atoms with Gasteiger partial charge in [-0.3, -0.25) is 0 Å². The van der Waals surface area contributed by atoms with Crippen LogP contribution < -0.4 is 10.1 Å². The van der Waals surface area contributed by atoms with Crippen molar-refractivity contribution in [2.75, 3.05) is 26.0 Å². The summed E-state index contributed by atoms with van der Waals surface area (Å²) in [5.41, 5.74) is 1.31. The fourth-order valence-corrected chi connectivity index (χ4v) is 2.69. The van der Waals surface area contributed by atoms with Crippen LogP contribution in [-0.4, -0.2) is 26.0 Å². The van der Waals surface area contributed by atoms with Crippen molar-refractivity contribution in [1.29, 1.82) is 0 Å². The standard InChI is InChI=1S/C12H17NOS/c1-9-5-11(14-2)3-4-12(9)15-8-10-6-13-7-10/h3-5,10,13H,6-8H2,1-2H3. The fraction of sp³-hybridized carbons (Fsp3) is 0.500. The summed E-state index contributed by atoms with van der Waals surface area (Å²) in [6, 6.07) is 6.29. The zero-order chi connectivity index (χ0) is 10.7. The molecule has 0 bridgehead atoms. The molecule has 1 aliphatic heterocycles. The van der Waals surface area contributed by atoms with Crippen LogP contribution in [0.1, 0.15) is 5.56 Å². The van der Waals surface area contributed by atoms with Crippen LogP contribution in [0.4, 0.5) is 0 Å². The first-order valence-electron chi connectivity index (χ1n) is 5.28. The number of nitrogens with one attached hydrogen (secondary N) is 1. The molecule has 15 heavy (non-hydrogen) atoms. The largest absolute Gasteiger partial charge is 0.497 e. The summed E-state index contributed by atoms with van der Waals surface area (Å²) in [4.78, 5) is 1.38. The number of ether oxygens (including phenoxy) is 1. The number of benzene rings is 1. The Hall–Kier alpha value is -0.670. The Bertz CT molecular complexity index is 336. The van der Waals surface area contributed by atoms with Gasteiger partial charge in [0.25, 0.3) is 0 Å². The van der Waals surface area contributed by atoms with E-state index >= 15 is 0 Å². The Morgan fingerprint density at radius 1 is 1.47 bits per heavy atom. The molecule has 1 aromatic carbocycles. The van der Waals surface area contributed by atoms with E-state index in [4.69, 9.17) is 4.74 Å². The summed E-state index contributed by atoms with van der Waals surface area (Å²) in [5.74, 6) is 3.03. The minimum Gasteiger partial charge on any atom is -0.497 e. The summed E-state index contributed by atoms with van der Waals surface area (Å²) in [6.07, 6.45) is 0. The Morgan fingerprint density at radius 2 is 2.27 bits per heavy atom. The fourth-order valence-electron chi connectivity index (χ4n) is 1.58. The normalized spacial score (nSPS) is 16.1. The third-order valence-corrected chi connectivity index (χ3v) is 4.13. The second kappa shape index (κ2) is 4.90. The second-order valence-electron chi connectivity index (χ2n) is 3.97. The van der Waals surface area contributed by atoms with Gasteiger partial charge in [0.05, 0.1) is 7.11 Å². The number of rotatable bonds is 4. The Morgan fingerprint density at radius 3 is 2.80 bits per heavy atom. The smallest absolute Gasteiger partial charge is 0.119 e. The van der Waals surface area contributed by atoms with E-state index in [2.05, 4.69) is 24.4 Å². The predicted molar refractivity (Wildman–Crippen MR) is 64.8 cm³/mol. The van der Waals surface area contributed by atoms with Crippen LogP contribution in [0.25, 0.3) is 0 Å². The second-order valence-corrected chi connectivity index (χ2v) is 5.03. The molecule has 0 radical (unpaired) electrons. The first-order valence-corrected chi connectivity index (χ1v) is 6.26. The minimum absolute atomic E-state index is 0.858. The molecule has 0 atom stereocenters. The first-order chi connectivity index (χ1) is 7.29. The van der Waals surface area contributed by atoms with E-state index in [1.807, 2.05) is 17.8 Å². The molecule has 1 aromatic rings. The molecule has 0 unspecified atom stereocenters. The molecule has 1 fully saturated rings. The molecule has 82 valence electrons. The molecule has 0 aliphatic carbocycles. The van der Waals surface area contributed by atoms with E-state index in [1.54, 1.807) is 7.11 Å². The highest BCUT2D eigenvalue weighted by Gasteiger charge is 2.16. The van der Waals surface area contributed by atoms with Gasteiger partial charge in [-0.1, -0.05) is 0 Å². The van der Waals surface area contributed by atoms with E-state index in [0.717, 1.165) is 11.7 Å². The summed E-state index contributed by atoms with van der Waals surface area (Å²) in [5, 5.41) is 3.30. The van der Waals surface area contributed by atoms with Gasteiger partial charge in [0.2, 0.25) is 0 Å². The van der Waals surface area contributed by atoms with Crippen molar-refractivity contribution in [1.82, 2.24) is 5.32 Å². The van der Waals surface area contributed by atoms with E-state index in [-0.39, 0.29) is 0 Å². The van der Waals surface area contributed by atoms with Crippen molar-refractivity contribution in [3.63, 3.8) is 0 Å². The van der Waals surface area contributed by atoms with Crippen molar-refractivity contribution in [3.8, 4) is 5.75 Å². The molecule has 0 spiro atoms. The number of aryl methyl sites for hydroxylation is 1. The Labute approximate surface area is 95.4 Å². The summed E-state index contributed by atoms with van der Waals surface area (Å²) < 4.78 is 5.19. The molecular formula is C12H17NOS. The van der Waals surface area contributed by atoms with Crippen LogP contribution in [0.5, 0.6) is 5.75 Å². The molecule has 1 N–H and O–H groups in total. The van der Waals surface area contributed by atoms with Crippen LogP contribution in [0.2, 0.25) is 0 Å². The molecular weight excluding hydrogens is 206 g/mol. The van der Waals surface area contributed by atoms with Gasteiger partial charge >= 0.3 is 0 Å². The average Bonchev–Trinajstić information content (AvgIpc) is 2.18. The van der Waals surface area contributed by atoms with E-state index < -0.39 is 0 Å². The third kappa shape index (κ3) is 2.67. The monoisotopic (exact) mass is 223 g/mol.